The van der Waals surface area contributed by atoms with Gasteiger partial charge in [-0.2, -0.15) is 5.10 Å². The Morgan fingerprint density at radius 1 is 1.10 bits per heavy atom. The highest BCUT2D eigenvalue weighted by Gasteiger charge is 2.46. The van der Waals surface area contributed by atoms with Crippen molar-refractivity contribution in [3.8, 4) is 0 Å². The third-order valence-corrected chi connectivity index (χ3v) is 5.79. The number of amides is 3. The summed E-state index contributed by atoms with van der Waals surface area (Å²) in [5, 5.41) is 7.66. The molecule has 1 saturated heterocycles. The summed E-state index contributed by atoms with van der Waals surface area (Å²) in [5.74, 6) is -0.617. The number of aromatic nitrogens is 2. The van der Waals surface area contributed by atoms with E-state index in [0.717, 1.165) is 5.56 Å². The molecule has 0 spiro atoms. The number of likely N-dealkylation sites (tertiary alicyclic amines) is 1. The van der Waals surface area contributed by atoms with Crippen molar-refractivity contribution >= 4 is 35.1 Å². The smallest absolute Gasteiger partial charge is 0.233 e. The second-order valence-electron chi connectivity index (χ2n) is 7.25. The molecule has 2 heterocycles. The molecule has 0 saturated carbocycles. The van der Waals surface area contributed by atoms with E-state index in [0.29, 0.717) is 30.2 Å². The molecule has 8 heteroatoms. The first-order valence-corrected chi connectivity index (χ1v) is 9.97. The van der Waals surface area contributed by atoms with E-state index in [4.69, 9.17) is 11.6 Å². The van der Waals surface area contributed by atoms with Crippen LogP contribution in [0.15, 0.2) is 48.7 Å². The van der Waals surface area contributed by atoms with Crippen LogP contribution >= 0.6 is 11.6 Å². The zero-order chi connectivity index (χ0) is 20.4. The number of nitrogens with one attached hydrogen (secondary N) is 1. The van der Waals surface area contributed by atoms with Crippen LogP contribution in [-0.2, 0) is 20.9 Å². The van der Waals surface area contributed by atoms with Crippen LogP contribution in [0.3, 0.4) is 0 Å². The second-order valence-corrected chi connectivity index (χ2v) is 7.65. The molecule has 2 aromatic rings. The van der Waals surface area contributed by atoms with Gasteiger partial charge in [-0.3, -0.25) is 19.3 Å². The molecule has 29 heavy (non-hydrogen) atoms. The molecule has 2 aliphatic rings. The van der Waals surface area contributed by atoms with Gasteiger partial charge in [0.25, 0.3) is 0 Å². The van der Waals surface area contributed by atoms with Crippen LogP contribution in [0.25, 0.3) is 0 Å². The lowest BCUT2D eigenvalue weighted by Crippen LogP contribution is -2.34. The maximum Gasteiger partial charge on any atom is 0.233 e. The van der Waals surface area contributed by atoms with Crippen molar-refractivity contribution in [2.75, 3.05) is 11.9 Å². The van der Waals surface area contributed by atoms with E-state index in [2.05, 4.69) is 10.4 Å². The van der Waals surface area contributed by atoms with E-state index < -0.39 is 0 Å². The summed E-state index contributed by atoms with van der Waals surface area (Å²) in [7, 11) is 0. The van der Waals surface area contributed by atoms with Gasteiger partial charge < -0.3 is 5.32 Å². The van der Waals surface area contributed by atoms with Crippen molar-refractivity contribution in [2.24, 2.45) is 11.8 Å². The summed E-state index contributed by atoms with van der Waals surface area (Å²) < 4.78 is 1.64. The van der Waals surface area contributed by atoms with Gasteiger partial charge in [-0.1, -0.05) is 42.0 Å². The monoisotopic (exact) mass is 412 g/mol. The SMILES string of the molecule is O=C(CCN1C(=O)C2CC=CCC2C1=O)Nc1ccnn1Cc1ccccc1Cl. The van der Waals surface area contributed by atoms with Gasteiger partial charge in [-0.25, -0.2) is 4.68 Å². The highest BCUT2D eigenvalue weighted by Crippen LogP contribution is 2.35. The molecule has 2 unspecified atom stereocenters. The van der Waals surface area contributed by atoms with Crippen molar-refractivity contribution in [3.63, 3.8) is 0 Å². The zero-order valence-electron chi connectivity index (χ0n) is 15.8. The molecule has 3 amide bonds. The highest BCUT2D eigenvalue weighted by atomic mass is 35.5. The number of anilines is 1. The number of carbonyl (C=O) groups excluding carboxylic acids is 3. The van der Waals surface area contributed by atoms with Crippen LogP contribution in [0.1, 0.15) is 24.8 Å². The zero-order valence-corrected chi connectivity index (χ0v) is 16.5. The first-order valence-electron chi connectivity index (χ1n) is 9.60. The highest BCUT2D eigenvalue weighted by molar-refractivity contribution is 6.31. The predicted octanol–water partition coefficient (Wildman–Crippen LogP) is 2.86. The molecule has 1 aromatic heterocycles. The number of benzene rings is 1. The second kappa shape index (κ2) is 8.21. The van der Waals surface area contributed by atoms with Gasteiger partial charge in [0.1, 0.15) is 5.82 Å². The number of imide groups is 1. The van der Waals surface area contributed by atoms with E-state index in [1.165, 1.54) is 4.90 Å². The maximum absolute atomic E-state index is 12.5. The quantitative estimate of drug-likeness (QED) is 0.584. The fourth-order valence-electron chi connectivity index (χ4n) is 3.86. The first-order chi connectivity index (χ1) is 14.0. The van der Waals surface area contributed by atoms with E-state index in [9.17, 15) is 14.4 Å². The molecule has 1 N–H and O–H groups in total. The van der Waals surface area contributed by atoms with Gasteiger partial charge in [0.15, 0.2) is 0 Å². The minimum atomic E-state index is -0.278. The minimum absolute atomic E-state index is 0.0433. The normalized spacial score (nSPS) is 20.8. The molecule has 0 radical (unpaired) electrons. The Hall–Kier alpha value is -2.93. The number of hydrogen-bond acceptors (Lipinski definition) is 4. The Morgan fingerprint density at radius 2 is 1.79 bits per heavy atom. The lowest BCUT2D eigenvalue weighted by Gasteiger charge is -2.15. The number of carbonyl (C=O) groups is 3. The van der Waals surface area contributed by atoms with E-state index in [1.807, 2.05) is 30.4 Å². The van der Waals surface area contributed by atoms with Gasteiger partial charge in [0.2, 0.25) is 17.7 Å². The van der Waals surface area contributed by atoms with Crippen molar-refractivity contribution in [2.45, 2.75) is 25.8 Å². The van der Waals surface area contributed by atoms with Crippen LogP contribution in [-0.4, -0.2) is 38.9 Å². The Bertz CT molecular complexity index is 958. The fraction of sp³-hybridized carbons (Fsp3) is 0.333. The van der Waals surface area contributed by atoms with Crippen LogP contribution in [0.4, 0.5) is 5.82 Å². The van der Waals surface area contributed by atoms with Gasteiger partial charge in [-0.05, 0) is 24.5 Å². The molecular weight excluding hydrogens is 392 g/mol. The summed E-state index contributed by atoms with van der Waals surface area (Å²) in [6.45, 7) is 0.511. The van der Waals surface area contributed by atoms with Gasteiger partial charge in [0.05, 0.1) is 24.6 Å². The molecule has 1 aliphatic heterocycles. The lowest BCUT2D eigenvalue weighted by molar-refractivity contribution is -0.140. The van der Waals surface area contributed by atoms with Gasteiger partial charge >= 0.3 is 0 Å². The molecule has 7 nitrogen and oxygen atoms in total. The largest absolute Gasteiger partial charge is 0.311 e. The molecule has 2 atom stereocenters. The molecule has 0 bridgehead atoms. The average Bonchev–Trinajstić information content (AvgIpc) is 3.25. The van der Waals surface area contributed by atoms with E-state index in [1.54, 1.807) is 23.0 Å². The Balaban J connectivity index is 1.35. The number of fused-ring (bicyclic) bond motifs is 1. The Kier molecular flexibility index (Phi) is 5.49. The number of rotatable bonds is 6. The summed E-state index contributed by atoms with van der Waals surface area (Å²) >= 11 is 6.20. The molecule has 1 aromatic carbocycles. The number of hydrogen-bond donors (Lipinski definition) is 1. The maximum atomic E-state index is 12.5. The van der Waals surface area contributed by atoms with Crippen molar-refractivity contribution in [1.29, 1.82) is 0 Å². The van der Waals surface area contributed by atoms with Crippen molar-refractivity contribution in [3.05, 3.63) is 59.3 Å². The molecule has 1 fully saturated rings. The first kappa shape index (κ1) is 19.4. The van der Waals surface area contributed by atoms with Crippen LogP contribution in [0.2, 0.25) is 5.02 Å². The molecule has 4 rings (SSSR count). The lowest BCUT2D eigenvalue weighted by atomic mass is 9.85. The summed E-state index contributed by atoms with van der Waals surface area (Å²) in [4.78, 5) is 38.6. The third kappa shape index (κ3) is 3.96. The van der Waals surface area contributed by atoms with Gasteiger partial charge in [-0.15, -0.1) is 0 Å². The average molecular weight is 413 g/mol. The molecule has 1 aliphatic carbocycles. The van der Waals surface area contributed by atoms with Gasteiger partial charge in [0, 0.05) is 24.1 Å². The van der Waals surface area contributed by atoms with Crippen molar-refractivity contribution < 1.29 is 14.4 Å². The van der Waals surface area contributed by atoms with Crippen LogP contribution < -0.4 is 5.32 Å². The number of allylic oxidation sites excluding steroid dienone is 2. The van der Waals surface area contributed by atoms with E-state index >= 15 is 0 Å². The number of nitrogens with zero attached hydrogens (tertiary/aromatic N) is 3. The Morgan fingerprint density at radius 3 is 2.48 bits per heavy atom. The third-order valence-electron chi connectivity index (χ3n) is 5.42. The predicted molar refractivity (Wildman–Crippen MR) is 108 cm³/mol. The summed E-state index contributed by atoms with van der Waals surface area (Å²) in [6.07, 6.45) is 6.73. The van der Waals surface area contributed by atoms with E-state index in [-0.39, 0.29) is 42.5 Å². The number of halogens is 1. The topological polar surface area (TPSA) is 84.3 Å². The summed E-state index contributed by atoms with van der Waals surface area (Å²) in [6, 6.07) is 9.14. The molecular formula is C21H21ClN4O3. The van der Waals surface area contributed by atoms with Crippen LogP contribution in [0.5, 0.6) is 0 Å². The van der Waals surface area contributed by atoms with Crippen LogP contribution in [0, 0.1) is 11.8 Å². The van der Waals surface area contributed by atoms with Crippen molar-refractivity contribution in [1.82, 2.24) is 14.7 Å². The fourth-order valence-corrected chi connectivity index (χ4v) is 4.06. The minimum Gasteiger partial charge on any atom is -0.311 e. The standard InChI is InChI=1S/C21H21ClN4O3/c22-17-8-4-1-5-14(17)13-26-18(9-11-23-26)24-19(27)10-12-25-20(28)15-6-2-3-7-16(15)21(25)29/h1-5,8-9,11,15-16H,6-7,10,12-13H2,(H,24,27). The molecule has 150 valence electrons. The summed E-state index contributed by atoms with van der Waals surface area (Å²) in [5.41, 5.74) is 0.887. The Labute approximate surface area is 173 Å².